The highest BCUT2D eigenvalue weighted by Gasteiger charge is 2.25. The Hall–Kier alpha value is -4.49. The third kappa shape index (κ3) is 3.50. The van der Waals surface area contributed by atoms with Crippen LogP contribution >= 0.6 is 0 Å². The van der Waals surface area contributed by atoms with E-state index in [1.807, 2.05) is 60.7 Å². The Morgan fingerprint density at radius 3 is 2.46 bits per heavy atom. The minimum atomic E-state index is -3.36. The van der Waals surface area contributed by atoms with Gasteiger partial charge in [-0.3, -0.25) is 0 Å². The summed E-state index contributed by atoms with van der Waals surface area (Å²) in [7, 11) is 1.55. The first-order valence-corrected chi connectivity index (χ1v) is 11.8. The second kappa shape index (κ2) is 8.57. The number of aromatic nitrogens is 1. The zero-order chi connectivity index (χ0) is 31.8. The van der Waals surface area contributed by atoms with Crippen LogP contribution in [-0.2, 0) is 7.05 Å². The van der Waals surface area contributed by atoms with E-state index in [2.05, 4.69) is 6.07 Å². The third-order valence-electron chi connectivity index (χ3n) is 6.95. The molecule has 0 saturated heterocycles. The molecular formula is C33H26FN2O+. The van der Waals surface area contributed by atoms with E-state index in [0.29, 0.717) is 38.8 Å². The third-order valence-corrected chi connectivity index (χ3v) is 6.95. The molecule has 4 heteroatoms. The summed E-state index contributed by atoms with van der Waals surface area (Å²) in [5.41, 5.74) is 3.36. The van der Waals surface area contributed by atoms with Gasteiger partial charge in [-0.1, -0.05) is 68.3 Å². The SMILES string of the molecule is [2H]C([2H])([2H])C([2H])(c1cc(-c2c(C)ccc3c2oc2c(-c4cccc5ccccc45)c(C#N)ccc23)[n+](C)cc1F)C([2H])([2H])[2H]. The van der Waals surface area contributed by atoms with Gasteiger partial charge in [0.25, 0.3) is 0 Å². The van der Waals surface area contributed by atoms with Crippen LogP contribution in [0.25, 0.3) is 55.1 Å². The highest BCUT2D eigenvalue weighted by molar-refractivity contribution is 6.15. The minimum absolute atomic E-state index is 0.265. The molecule has 0 spiro atoms. The molecule has 0 atom stereocenters. The van der Waals surface area contributed by atoms with Gasteiger partial charge in [-0.25, -0.2) is 4.39 Å². The molecule has 0 radical (unpaired) electrons. The molecule has 37 heavy (non-hydrogen) atoms. The number of nitrogens with zero attached hydrogens (tertiary/aromatic N) is 2. The Morgan fingerprint density at radius 1 is 0.946 bits per heavy atom. The Labute approximate surface area is 224 Å². The number of hydrogen-bond acceptors (Lipinski definition) is 2. The lowest BCUT2D eigenvalue weighted by Gasteiger charge is -2.10. The van der Waals surface area contributed by atoms with Crippen LogP contribution in [0.3, 0.4) is 0 Å². The largest absolute Gasteiger partial charge is 0.454 e. The van der Waals surface area contributed by atoms with Crippen molar-refractivity contribution in [3.05, 3.63) is 102 Å². The van der Waals surface area contributed by atoms with Gasteiger partial charge in [0.15, 0.2) is 5.82 Å². The van der Waals surface area contributed by atoms with Crippen LogP contribution in [0.5, 0.6) is 0 Å². The molecule has 0 aliphatic heterocycles. The summed E-state index contributed by atoms with van der Waals surface area (Å²) >= 11 is 0. The van der Waals surface area contributed by atoms with Crippen molar-refractivity contribution in [3.8, 4) is 28.5 Å². The van der Waals surface area contributed by atoms with E-state index in [9.17, 15) is 5.26 Å². The van der Waals surface area contributed by atoms with Gasteiger partial charge >= 0.3 is 0 Å². The fourth-order valence-corrected chi connectivity index (χ4v) is 5.18. The van der Waals surface area contributed by atoms with E-state index in [1.54, 1.807) is 20.0 Å². The van der Waals surface area contributed by atoms with Crippen molar-refractivity contribution in [3.63, 3.8) is 0 Å². The first kappa shape index (κ1) is 16.3. The van der Waals surface area contributed by atoms with E-state index < -0.39 is 31.0 Å². The molecule has 0 N–H and O–H groups in total. The van der Waals surface area contributed by atoms with Crippen molar-refractivity contribution in [2.24, 2.45) is 7.05 Å². The number of benzene rings is 4. The highest BCUT2D eigenvalue weighted by atomic mass is 19.1. The number of hydrogen-bond donors (Lipinski definition) is 0. The van der Waals surface area contributed by atoms with Crippen molar-refractivity contribution in [1.29, 1.82) is 5.26 Å². The topological polar surface area (TPSA) is 40.8 Å². The van der Waals surface area contributed by atoms with Crippen molar-refractivity contribution < 1.29 is 23.0 Å². The molecule has 0 fully saturated rings. The monoisotopic (exact) mass is 492 g/mol. The molecule has 6 aromatic rings. The molecule has 0 saturated carbocycles. The zero-order valence-corrected chi connectivity index (χ0v) is 20.2. The Bertz CT molecular complexity index is 2160. The van der Waals surface area contributed by atoms with Gasteiger partial charge in [-0.2, -0.15) is 9.83 Å². The first-order valence-electron chi connectivity index (χ1n) is 15.3. The van der Waals surface area contributed by atoms with Gasteiger partial charge in [-0.05, 0) is 46.8 Å². The van der Waals surface area contributed by atoms with Crippen molar-refractivity contribution >= 4 is 32.7 Å². The van der Waals surface area contributed by atoms with Crippen LogP contribution in [0.15, 0.2) is 83.4 Å². The molecule has 0 bridgehead atoms. The Balaban J connectivity index is 1.71. The van der Waals surface area contributed by atoms with Gasteiger partial charge in [0, 0.05) is 37.6 Å². The van der Waals surface area contributed by atoms with Gasteiger partial charge in [0.1, 0.15) is 18.2 Å². The molecule has 0 unspecified atom stereocenters. The molecule has 0 aliphatic rings. The lowest BCUT2D eigenvalue weighted by Crippen LogP contribution is -2.32. The molecule has 6 rings (SSSR count). The number of furan rings is 1. The summed E-state index contributed by atoms with van der Waals surface area (Å²) in [4.78, 5) is 0. The summed E-state index contributed by atoms with van der Waals surface area (Å²) < 4.78 is 79.6. The average Bonchev–Trinajstić information content (AvgIpc) is 3.34. The predicted octanol–water partition coefficient (Wildman–Crippen LogP) is 8.34. The van der Waals surface area contributed by atoms with Crippen LogP contribution in [0.2, 0.25) is 0 Å². The lowest BCUT2D eigenvalue weighted by molar-refractivity contribution is -0.662. The number of halogens is 1. The summed E-state index contributed by atoms with van der Waals surface area (Å²) in [6.45, 7) is -4.92. The number of rotatable bonds is 3. The number of nitriles is 1. The molecule has 180 valence electrons. The van der Waals surface area contributed by atoms with Crippen molar-refractivity contribution in [1.82, 2.24) is 0 Å². The quantitative estimate of drug-likeness (QED) is 0.233. The number of pyridine rings is 1. The first-order chi connectivity index (χ1) is 20.7. The molecule has 2 heterocycles. The fraction of sp³-hybridized carbons (Fsp3) is 0.152. The fourth-order valence-electron chi connectivity index (χ4n) is 5.18. The second-order valence-electron chi connectivity index (χ2n) is 9.15. The average molecular weight is 493 g/mol. The smallest absolute Gasteiger partial charge is 0.216 e. The van der Waals surface area contributed by atoms with Crippen LogP contribution < -0.4 is 4.57 Å². The maximum Gasteiger partial charge on any atom is 0.216 e. The van der Waals surface area contributed by atoms with Crippen LogP contribution in [0.1, 0.15) is 45.9 Å². The number of aryl methyl sites for hydroxylation is 2. The maximum absolute atomic E-state index is 15.4. The van der Waals surface area contributed by atoms with E-state index in [0.717, 1.165) is 34.0 Å². The van der Waals surface area contributed by atoms with E-state index in [4.69, 9.17) is 14.0 Å². The van der Waals surface area contributed by atoms with Gasteiger partial charge in [0.2, 0.25) is 11.9 Å². The standard InChI is InChI=1S/C33H26FN2O/c1-19(2)27-16-29(36(4)18-28(27)34)30-20(3)12-14-25-26-15-13-22(17-35)31(33(26)37-32(25)30)24-11-7-9-21-8-5-6-10-23(21)24/h5-16,18-19H,1-4H3/q+1/i1D3,2D3,19D. The lowest BCUT2D eigenvalue weighted by atomic mass is 9.92. The molecule has 0 aliphatic carbocycles. The van der Waals surface area contributed by atoms with Gasteiger partial charge in [0.05, 0.1) is 17.2 Å². The van der Waals surface area contributed by atoms with Crippen LogP contribution in [-0.4, -0.2) is 0 Å². The molecule has 2 aromatic heterocycles. The zero-order valence-electron chi connectivity index (χ0n) is 27.2. The molecule has 0 amide bonds. The summed E-state index contributed by atoms with van der Waals surface area (Å²) in [6, 6.07) is 24.3. The van der Waals surface area contributed by atoms with Crippen molar-refractivity contribution in [2.45, 2.75) is 26.5 Å². The summed E-state index contributed by atoms with van der Waals surface area (Å²) in [5, 5.41) is 13.5. The van der Waals surface area contributed by atoms with Gasteiger partial charge < -0.3 is 4.42 Å². The normalized spacial score (nSPS) is 15.4. The summed E-state index contributed by atoms with van der Waals surface area (Å²) in [6.07, 6.45) is 0.988. The van der Waals surface area contributed by atoms with E-state index in [1.165, 1.54) is 4.57 Å². The summed E-state index contributed by atoms with van der Waals surface area (Å²) in [5.74, 6) is -4.35. The van der Waals surface area contributed by atoms with Crippen LogP contribution in [0, 0.1) is 24.1 Å². The second-order valence-corrected chi connectivity index (χ2v) is 9.15. The van der Waals surface area contributed by atoms with E-state index in [-0.39, 0.29) is 5.69 Å². The Kier molecular flexibility index (Phi) is 3.77. The molecule has 3 nitrogen and oxygen atoms in total. The number of fused-ring (bicyclic) bond motifs is 4. The van der Waals surface area contributed by atoms with Crippen LogP contribution in [0.4, 0.5) is 4.39 Å². The molecule has 4 aromatic carbocycles. The predicted molar refractivity (Wildman–Crippen MR) is 147 cm³/mol. The minimum Gasteiger partial charge on any atom is -0.454 e. The van der Waals surface area contributed by atoms with E-state index >= 15 is 4.39 Å². The maximum atomic E-state index is 15.4. The highest BCUT2D eigenvalue weighted by Crippen LogP contribution is 2.43. The molecular weight excluding hydrogens is 459 g/mol. The van der Waals surface area contributed by atoms with Crippen molar-refractivity contribution in [2.75, 3.05) is 0 Å². The Morgan fingerprint density at radius 2 is 1.68 bits per heavy atom. The van der Waals surface area contributed by atoms with Gasteiger partial charge in [-0.15, -0.1) is 0 Å².